The summed E-state index contributed by atoms with van der Waals surface area (Å²) in [6.45, 7) is 5.62. The first-order valence-electron chi connectivity index (χ1n) is 10.1. The molecule has 5 rings (SSSR count). The van der Waals surface area contributed by atoms with Crippen molar-refractivity contribution in [1.29, 1.82) is 5.26 Å². The lowest BCUT2D eigenvalue weighted by atomic mass is 9.96. The number of rotatable bonds is 3. The fraction of sp³-hybridized carbons (Fsp3) is 0.318. The van der Waals surface area contributed by atoms with Crippen molar-refractivity contribution in [2.45, 2.75) is 38.6 Å². The van der Waals surface area contributed by atoms with Gasteiger partial charge in [-0.3, -0.25) is 4.79 Å². The second-order valence-electron chi connectivity index (χ2n) is 8.23. The molecule has 0 spiro atoms. The van der Waals surface area contributed by atoms with Crippen molar-refractivity contribution >= 4 is 11.4 Å². The van der Waals surface area contributed by atoms with Gasteiger partial charge in [-0.15, -0.1) is 0 Å². The fourth-order valence-electron chi connectivity index (χ4n) is 3.93. The van der Waals surface area contributed by atoms with Crippen LogP contribution in [0.25, 0.3) is 5.52 Å². The molecule has 1 aliphatic rings. The van der Waals surface area contributed by atoms with Crippen LogP contribution in [0.3, 0.4) is 0 Å². The van der Waals surface area contributed by atoms with Gasteiger partial charge < -0.3 is 14.3 Å². The van der Waals surface area contributed by atoms with Crippen molar-refractivity contribution in [2.75, 3.05) is 6.54 Å². The summed E-state index contributed by atoms with van der Waals surface area (Å²) in [6.07, 6.45) is 4.17. The van der Waals surface area contributed by atoms with Gasteiger partial charge in [0.2, 0.25) is 11.7 Å². The van der Waals surface area contributed by atoms with Gasteiger partial charge in [-0.05, 0) is 39.0 Å². The molecule has 5 heterocycles. The number of H-pyrrole nitrogens is 1. The summed E-state index contributed by atoms with van der Waals surface area (Å²) < 4.78 is 7.60. The number of nitrogens with zero attached hydrogens (tertiary/aromatic N) is 6. The summed E-state index contributed by atoms with van der Waals surface area (Å²) >= 11 is 0. The van der Waals surface area contributed by atoms with E-state index in [0.29, 0.717) is 18.7 Å². The van der Waals surface area contributed by atoms with Crippen LogP contribution in [0.1, 0.15) is 59.1 Å². The molecule has 0 fully saturated rings. The molecule has 0 saturated heterocycles. The molecule has 0 saturated carbocycles. The largest absolute Gasteiger partial charge is 0.434 e. The third kappa shape index (κ3) is 2.99. The SMILES string of the molecule is Cc1nc(C(C)(C)C#N)oc1C(=O)N1CCc2[nH]cnc2[C@H]1c1cc2ccccn2n1. The molecule has 0 unspecified atom stereocenters. The molecule has 9 heteroatoms. The minimum Gasteiger partial charge on any atom is -0.434 e. The molecule has 0 aromatic carbocycles. The van der Waals surface area contributed by atoms with Gasteiger partial charge >= 0.3 is 0 Å². The quantitative estimate of drug-likeness (QED) is 0.550. The second kappa shape index (κ2) is 6.80. The lowest BCUT2D eigenvalue weighted by molar-refractivity contribution is 0.0650. The predicted octanol–water partition coefficient (Wildman–Crippen LogP) is 2.94. The molecule has 0 bridgehead atoms. The number of fused-ring (bicyclic) bond motifs is 2. The van der Waals surface area contributed by atoms with Crippen molar-refractivity contribution in [3.8, 4) is 6.07 Å². The van der Waals surface area contributed by atoms with Gasteiger partial charge in [0.05, 0.1) is 35.0 Å². The Hall–Kier alpha value is -3.93. The third-order valence-corrected chi connectivity index (χ3v) is 5.66. The molecule has 156 valence electrons. The molecular weight excluding hydrogens is 394 g/mol. The van der Waals surface area contributed by atoms with Crippen molar-refractivity contribution in [2.24, 2.45) is 0 Å². The van der Waals surface area contributed by atoms with Crippen LogP contribution in [0.5, 0.6) is 0 Å². The number of carbonyl (C=O) groups excluding carboxylic acids is 1. The van der Waals surface area contributed by atoms with E-state index in [1.165, 1.54) is 0 Å². The molecule has 1 amide bonds. The smallest absolute Gasteiger partial charge is 0.292 e. The molecule has 1 aliphatic heterocycles. The van der Waals surface area contributed by atoms with Gasteiger partial charge in [0.25, 0.3) is 5.91 Å². The van der Waals surface area contributed by atoms with Gasteiger partial charge in [-0.2, -0.15) is 10.4 Å². The average Bonchev–Trinajstić information content (AvgIpc) is 3.49. The topological polar surface area (TPSA) is 116 Å². The molecule has 4 aromatic rings. The summed E-state index contributed by atoms with van der Waals surface area (Å²) in [5, 5.41) is 14.1. The maximum absolute atomic E-state index is 13.6. The van der Waals surface area contributed by atoms with Gasteiger partial charge in [0.15, 0.2) is 0 Å². The average molecular weight is 415 g/mol. The van der Waals surface area contributed by atoms with Crippen LogP contribution in [0.15, 0.2) is 41.2 Å². The van der Waals surface area contributed by atoms with E-state index in [1.807, 2.05) is 30.5 Å². The van der Waals surface area contributed by atoms with Crippen molar-refractivity contribution in [1.82, 2.24) is 29.5 Å². The maximum Gasteiger partial charge on any atom is 0.292 e. The van der Waals surface area contributed by atoms with E-state index in [-0.39, 0.29) is 17.6 Å². The molecular formula is C22H21N7O2. The first kappa shape index (κ1) is 19.1. The van der Waals surface area contributed by atoms with Gasteiger partial charge in [-0.1, -0.05) is 6.07 Å². The molecule has 0 radical (unpaired) electrons. The number of aromatic nitrogens is 5. The highest BCUT2D eigenvalue weighted by Crippen LogP contribution is 2.35. The number of aryl methyl sites for hydroxylation is 1. The fourth-order valence-corrected chi connectivity index (χ4v) is 3.93. The van der Waals surface area contributed by atoms with Crippen molar-refractivity contribution < 1.29 is 9.21 Å². The highest BCUT2D eigenvalue weighted by molar-refractivity contribution is 5.93. The molecule has 1 atom stereocenters. The number of hydrogen-bond acceptors (Lipinski definition) is 6. The van der Waals surface area contributed by atoms with Crippen LogP contribution >= 0.6 is 0 Å². The Morgan fingerprint density at radius 2 is 2.23 bits per heavy atom. The summed E-state index contributed by atoms with van der Waals surface area (Å²) in [5.41, 5.74) is 2.96. The van der Waals surface area contributed by atoms with E-state index in [0.717, 1.165) is 22.6 Å². The molecule has 1 N–H and O–H groups in total. The Bertz CT molecular complexity index is 1300. The molecule has 0 aliphatic carbocycles. The van der Waals surface area contributed by atoms with Crippen molar-refractivity contribution in [3.63, 3.8) is 0 Å². The number of nitrogens with one attached hydrogen (secondary N) is 1. The molecule has 4 aromatic heterocycles. The van der Waals surface area contributed by atoms with Crippen LogP contribution in [0.4, 0.5) is 0 Å². The monoisotopic (exact) mass is 415 g/mol. The Morgan fingerprint density at radius 3 is 3.00 bits per heavy atom. The van der Waals surface area contributed by atoms with E-state index in [1.54, 1.807) is 36.5 Å². The molecule has 31 heavy (non-hydrogen) atoms. The number of carbonyl (C=O) groups is 1. The minimum absolute atomic E-state index is 0.145. The normalized spacial score (nSPS) is 16.3. The van der Waals surface area contributed by atoms with E-state index in [4.69, 9.17) is 9.52 Å². The zero-order valence-corrected chi connectivity index (χ0v) is 17.5. The standard InChI is InChI=1S/C22H21N7O2/c1-13-19(31-21(26-13)22(2,3)11-23)20(30)28-9-7-15-17(25-12-24-15)18(28)16-10-14-6-4-5-8-29(14)27-16/h4-6,8,10,12,18H,7,9H2,1-3H3,(H,24,25)/t18-/m1/s1. The van der Waals surface area contributed by atoms with Crippen LogP contribution < -0.4 is 0 Å². The van der Waals surface area contributed by atoms with E-state index >= 15 is 0 Å². The lowest BCUT2D eigenvalue weighted by Gasteiger charge is -2.33. The molecule has 9 nitrogen and oxygen atoms in total. The van der Waals surface area contributed by atoms with Crippen LogP contribution in [0.2, 0.25) is 0 Å². The number of nitriles is 1. The number of pyridine rings is 1. The van der Waals surface area contributed by atoms with Crippen molar-refractivity contribution in [3.05, 3.63) is 71.2 Å². The van der Waals surface area contributed by atoms with Crippen LogP contribution in [0, 0.1) is 18.3 Å². The Kier molecular flexibility index (Phi) is 4.18. The number of hydrogen-bond donors (Lipinski definition) is 1. The Balaban J connectivity index is 1.59. The predicted molar refractivity (Wildman–Crippen MR) is 110 cm³/mol. The summed E-state index contributed by atoms with van der Waals surface area (Å²) in [4.78, 5) is 27.4. The summed E-state index contributed by atoms with van der Waals surface area (Å²) in [7, 11) is 0. The van der Waals surface area contributed by atoms with E-state index in [9.17, 15) is 10.1 Å². The first-order chi connectivity index (χ1) is 14.9. The number of aromatic amines is 1. The zero-order chi connectivity index (χ0) is 21.8. The van der Waals surface area contributed by atoms with E-state index in [2.05, 4.69) is 21.0 Å². The van der Waals surface area contributed by atoms with Crippen LogP contribution in [-0.4, -0.2) is 41.9 Å². The van der Waals surface area contributed by atoms with Crippen LogP contribution in [-0.2, 0) is 11.8 Å². The number of imidazole rings is 1. The Morgan fingerprint density at radius 1 is 1.39 bits per heavy atom. The highest BCUT2D eigenvalue weighted by Gasteiger charge is 2.39. The van der Waals surface area contributed by atoms with Gasteiger partial charge in [-0.25, -0.2) is 14.5 Å². The van der Waals surface area contributed by atoms with E-state index < -0.39 is 11.5 Å². The highest BCUT2D eigenvalue weighted by atomic mass is 16.4. The lowest BCUT2D eigenvalue weighted by Crippen LogP contribution is -2.41. The third-order valence-electron chi connectivity index (χ3n) is 5.66. The maximum atomic E-state index is 13.6. The number of oxazole rings is 1. The first-order valence-corrected chi connectivity index (χ1v) is 10.1. The zero-order valence-electron chi connectivity index (χ0n) is 17.5. The summed E-state index contributed by atoms with van der Waals surface area (Å²) in [5.74, 6) is 0.0874. The summed E-state index contributed by atoms with van der Waals surface area (Å²) in [6, 6.07) is 9.49. The number of amides is 1. The Labute approximate surface area is 178 Å². The van der Waals surface area contributed by atoms with Gasteiger partial charge in [0, 0.05) is 24.9 Å². The second-order valence-corrected chi connectivity index (χ2v) is 8.23. The minimum atomic E-state index is -0.929. The van der Waals surface area contributed by atoms with Gasteiger partial charge in [0.1, 0.15) is 11.5 Å².